The fourth-order valence-corrected chi connectivity index (χ4v) is 5.39. The largest absolute Gasteiger partial charge is 0.507 e. The van der Waals surface area contributed by atoms with Gasteiger partial charge in [-0.15, -0.1) is 0 Å². The Labute approximate surface area is 196 Å². The minimum Gasteiger partial charge on any atom is -0.507 e. The molecule has 0 bridgehead atoms. The molecule has 0 heterocycles. The quantitative estimate of drug-likeness (QED) is 0.279. The lowest BCUT2D eigenvalue weighted by Crippen LogP contribution is -2.35. The van der Waals surface area contributed by atoms with Gasteiger partial charge in [0, 0.05) is 29.9 Å². The van der Waals surface area contributed by atoms with E-state index in [0.717, 1.165) is 4.31 Å². The molecule has 0 spiro atoms. The second kappa shape index (κ2) is 9.35. The van der Waals surface area contributed by atoms with E-state index in [1.807, 2.05) is 0 Å². The van der Waals surface area contributed by atoms with Gasteiger partial charge in [-0.1, -0.05) is 30.3 Å². The minimum absolute atomic E-state index is 0.000789. The summed E-state index contributed by atoms with van der Waals surface area (Å²) in [5, 5.41) is 31.7. The number of anilines is 2. The molecule has 0 amide bonds. The number of nitrogens with zero attached hydrogens (tertiary/aromatic N) is 1. The van der Waals surface area contributed by atoms with Gasteiger partial charge in [0.05, 0.1) is 34.9 Å². The standard InChI is InChI=1S/C24H22N2O7S/c27-12-10-26(11-13-28)34(32,33)16-5-3-4-15(14-16)25-19-8-9-20(29)22-21(19)23(30)17-6-1-2-7-18(17)24(22)31/h1-9,14,25,27-29H,10-13H2. The zero-order chi connectivity index (χ0) is 24.5. The lowest BCUT2D eigenvalue weighted by atomic mass is 9.82. The topological polar surface area (TPSA) is 144 Å². The van der Waals surface area contributed by atoms with Crippen LogP contribution in [0.4, 0.5) is 11.4 Å². The fourth-order valence-electron chi connectivity index (χ4n) is 3.92. The van der Waals surface area contributed by atoms with Gasteiger partial charge in [-0.05, 0) is 30.3 Å². The van der Waals surface area contributed by atoms with E-state index in [2.05, 4.69) is 5.32 Å². The average Bonchev–Trinajstić information content (AvgIpc) is 2.83. The molecule has 176 valence electrons. The average molecular weight is 483 g/mol. The Hall–Kier alpha value is -3.57. The van der Waals surface area contributed by atoms with Gasteiger partial charge in [0.25, 0.3) is 0 Å². The van der Waals surface area contributed by atoms with Crippen molar-refractivity contribution in [2.24, 2.45) is 0 Å². The molecule has 4 N–H and O–H groups in total. The van der Waals surface area contributed by atoms with Crippen LogP contribution >= 0.6 is 0 Å². The number of sulfonamides is 1. The van der Waals surface area contributed by atoms with Crippen molar-refractivity contribution in [3.8, 4) is 5.75 Å². The molecule has 10 heteroatoms. The predicted octanol–water partition coefficient (Wildman–Crippen LogP) is 1.89. The molecule has 9 nitrogen and oxygen atoms in total. The van der Waals surface area contributed by atoms with Crippen LogP contribution in [0.25, 0.3) is 0 Å². The van der Waals surface area contributed by atoms with E-state index < -0.39 is 34.8 Å². The zero-order valence-electron chi connectivity index (χ0n) is 17.9. The molecule has 0 radical (unpaired) electrons. The van der Waals surface area contributed by atoms with Crippen LogP contribution in [0.2, 0.25) is 0 Å². The number of aromatic hydroxyl groups is 1. The summed E-state index contributed by atoms with van der Waals surface area (Å²) in [6, 6.07) is 14.9. The highest BCUT2D eigenvalue weighted by molar-refractivity contribution is 7.89. The number of ketones is 2. The molecule has 0 saturated heterocycles. The maximum absolute atomic E-state index is 13.2. The molecule has 0 unspecified atom stereocenters. The highest BCUT2D eigenvalue weighted by atomic mass is 32.2. The van der Waals surface area contributed by atoms with Gasteiger partial charge in [0.2, 0.25) is 10.0 Å². The van der Waals surface area contributed by atoms with Crippen molar-refractivity contribution in [2.45, 2.75) is 4.90 Å². The molecule has 3 aromatic carbocycles. The molecular weight excluding hydrogens is 460 g/mol. The summed E-state index contributed by atoms with van der Waals surface area (Å²) < 4.78 is 26.9. The second-order valence-corrected chi connectivity index (χ2v) is 9.53. The van der Waals surface area contributed by atoms with E-state index in [0.29, 0.717) is 5.69 Å². The maximum atomic E-state index is 13.2. The van der Waals surface area contributed by atoms with E-state index in [9.17, 15) is 33.3 Å². The Balaban J connectivity index is 1.75. The van der Waals surface area contributed by atoms with Gasteiger partial charge in [0.15, 0.2) is 11.6 Å². The number of rotatable bonds is 8. The number of fused-ring (bicyclic) bond motifs is 2. The van der Waals surface area contributed by atoms with Crippen molar-refractivity contribution in [3.63, 3.8) is 0 Å². The first-order valence-electron chi connectivity index (χ1n) is 10.4. The smallest absolute Gasteiger partial charge is 0.243 e. The first kappa shape index (κ1) is 23.6. The lowest BCUT2D eigenvalue weighted by Gasteiger charge is -2.22. The number of benzene rings is 3. The van der Waals surface area contributed by atoms with Gasteiger partial charge < -0.3 is 20.6 Å². The van der Waals surface area contributed by atoms with Crippen molar-refractivity contribution in [2.75, 3.05) is 31.6 Å². The van der Waals surface area contributed by atoms with Crippen LogP contribution in [0.3, 0.4) is 0 Å². The first-order chi connectivity index (χ1) is 16.3. The number of aliphatic hydroxyl groups is 2. The Bertz CT molecular complexity index is 1380. The molecule has 0 aromatic heterocycles. The van der Waals surface area contributed by atoms with Crippen LogP contribution in [0, 0.1) is 0 Å². The molecular formula is C24H22N2O7S. The minimum atomic E-state index is -4.01. The summed E-state index contributed by atoms with van der Waals surface area (Å²) >= 11 is 0. The van der Waals surface area contributed by atoms with Gasteiger partial charge in [-0.3, -0.25) is 9.59 Å². The maximum Gasteiger partial charge on any atom is 0.243 e. The summed E-state index contributed by atoms with van der Waals surface area (Å²) in [6.07, 6.45) is 0. The Morgan fingerprint density at radius 3 is 2.03 bits per heavy atom. The first-order valence-corrected chi connectivity index (χ1v) is 11.9. The summed E-state index contributed by atoms with van der Waals surface area (Å²) in [6.45, 7) is -1.17. The van der Waals surface area contributed by atoms with Crippen molar-refractivity contribution >= 4 is 33.0 Å². The van der Waals surface area contributed by atoms with Crippen molar-refractivity contribution in [1.29, 1.82) is 0 Å². The summed E-state index contributed by atoms with van der Waals surface area (Å²) in [7, 11) is -4.01. The van der Waals surface area contributed by atoms with Crippen molar-refractivity contribution in [1.82, 2.24) is 4.31 Å². The number of phenolic OH excluding ortho intramolecular Hbond substituents is 1. The number of hydrogen-bond acceptors (Lipinski definition) is 8. The van der Waals surface area contributed by atoms with E-state index in [4.69, 9.17) is 0 Å². The van der Waals surface area contributed by atoms with Crippen molar-refractivity contribution in [3.05, 3.63) is 82.9 Å². The summed E-state index contributed by atoms with van der Waals surface area (Å²) in [5.41, 5.74) is 0.856. The number of carbonyl (C=O) groups excluding carboxylic acids is 2. The highest BCUT2D eigenvalue weighted by Crippen LogP contribution is 2.38. The second-order valence-electron chi connectivity index (χ2n) is 7.59. The number of nitrogens with one attached hydrogen (secondary N) is 1. The van der Waals surface area contributed by atoms with Crippen LogP contribution < -0.4 is 5.32 Å². The Morgan fingerprint density at radius 2 is 1.41 bits per heavy atom. The van der Waals surface area contributed by atoms with Gasteiger partial charge in [-0.25, -0.2) is 8.42 Å². The molecule has 0 atom stereocenters. The predicted molar refractivity (Wildman–Crippen MR) is 124 cm³/mol. The van der Waals surface area contributed by atoms with Gasteiger partial charge >= 0.3 is 0 Å². The van der Waals surface area contributed by atoms with E-state index in [1.165, 1.54) is 42.5 Å². The monoisotopic (exact) mass is 482 g/mol. The molecule has 1 aliphatic carbocycles. The molecule has 1 aliphatic rings. The summed E-state index contributed by atoms with van der Waals surface area (Å²) in [5.74, 6) is -1.25. The van der Waals surface area contributed by atoms with Crippen LogP contribution in [0.5, 0.6) is 5.75 Å². The molecule has 0 fully saturated rings. The third kappa shape index (κ3) is 4.08. The van der Waals surface area contributed by atoms with Crippen LogP contribution in [0.1, 0.15) is 31.8 Å². The third-order valence-electron chi connectivity index (χ3n) is 5.50. The zero-order valence-corrected chi connectivity index (χ0v) is 18.7. The number of carbonyl (C=O) groups is 2. The molecule has 3 aromatic rings. The lowest BCUT2D eigenvalue weighted by molar-refractivity contribution is 0.0977. The van der Waals surface area contributed by atoms with Gasteiger partial charge in [0.1, 0.15) is 5.75 Å². The van der Waals surface area contributed by atoms with E-state index >= 15 is 0 Å². The number of phenols is 1. The number of aliphatic hydroxyl groups excluding tert-OH is 2. The van der Waals surface area contributed by atoms with E-state index in [-0.39, 0.29) is 51.7 Å². The Kier molecular flexibility index (Phi) is 6.49. The summed E-state index contributed by atoms with van der Waals surface area (Å²) in [4.78, 5) is 26.1. The highest BCUT2D eigenvalue weighted by Gasteiger charge is 2.34. The van der Waals surface area contributed by atoms with E-state index in [1.54, 1.807) is 18.2 Å². The normalized spacial score (nSPS) is 13.0. The fraction of sp³-hybridized carbons (Fsp3) is 0.167. The SMILES string of the molecule is O=C1c2ccccc2C(=O)c2c(Nc3cccc(S(=O)(=O)N(CCO)CCO)c3)ccc(O)c21. The molecule has 4 rings (SSSR count). The molecule has 34 heavy (non-hydrogen) atoms. The molecule has 0 saturated carbocycles. The Morgan fingerprint density at radius 1 is 0.794 bits per heavy atom. The third-order valence-corrected chi connectivity index (χ3v) is 7.40. The number of hydrogen-bond donors (Lipinski definition) is 4. The van der Waals surface area contributed by atoms with Crippen LogP contribution in [0.15, 0.2) is 65.6 Å². The molecule has 0 aliphatic heterocycles. The van der Waals surface area contributed by atoms with Crippen LogP contribution in [-0.4, -0.2) is 65.9 Å². The van der Waals surface area contributed by atoms with Crippen LogP contribution in [-0.2, 0) is 10.0 Å². The van der Waals surface area contributed by atoms with Gasteiger partial charge in [-0.2, -0.15) is 4.31 Å². The van der Waals surface area contributed by atoms with Crippen molar-refractivity contribution < 1.29 is 33.3 Å².